The molecule has 1 aliphatic carbocycles. The van der Waals surface area contributed by atoms with E-state index < -0.39 is 0 Å². The van der Waals surface area contributed by atoms with Crippen LogP contribution in [0.5, 0.6) is 0 Å². The van der Waals surface area contributed by atoms with E-state index in [1.165, 1.54) is 12.8 Å². The van der Waals surface area contributed by atoms with E-state index in [9.17, 15) is 4.79 Å². The van der Waals surface area contributed by atoms with E-state index in [1.54, 1.807) is 0 Å². The number of nitrogens with one attached hydrogen (secondary N) is 2. The molecule has 1 aromatic rings. The molecule has 1 fully saturated rings. The highest BCUT2D eigenvalue weighted by Gasteiger charge is 2.20. The Morgan fingerprint density at radius 2 is 2.21 bits per heavy atom. The van der Waals surface area contributed by atoms with Crippen LogP contribution in [0.1, 0.15) is 28.8 Å². The van der Waals surface area contributed by atoms with Gasteiger partial charge in [-0.2, -0.15) is 0 Å². The first-order chi connectivity index (χ1) is 9.20. The van der Waals surface area contributed by atoms with Gasteiger partial charge in [0.05, 0.1) is 12.2 Å². The van der Waals surface area contributed by atoms with Crippen molar-refractivity contribution in [1.29, 1.82) is 0 Å². The second kappa shape index (κ2) is 6.57. The highest BCUT2D eigenvalue weighted by atomic mass is 16.5. The van der Waals surface area contributed by atoms with Crippen LogP contribution < -0.4 is 10.6 Å². The zero-order valence-electron chi connectivity index (χ0n) is 11.7. The van der Waals surface area contributed by atoms with Crippen LogP contribution in [0.15, 0.2) is 18.2 Å². The van der Waals surface area contributed by atoms with Gasteiger partial charge in [-0.25, -0.2) is 0 Å². The Hall–Kier alpha value is -1.55. The predicted octanol–water partition coefficient (Wildman–Crippen LogP) is 2.19. The van der Waals surface area contributed by atoms with Gasteiger partial charge in [-0.05, 0) is 37.8 Å². The van der Waals surface area contributed by atoms with E-state index in [2.05, 4.69) is 10.6 Å². The Labute approximate surface area is 114 Å². The van der Waals surface area contributed by atoms with Crippen LogP contribution in [0.2, 0.25) is 0 Å². The number of aryl methyl sites for hydroxylation is 1. The molecule has 2 N–H and O–H groups in total. The summed E-state index contributed by atoms with van der Waals surface area (Å²) in [5, 5.41) is 5.93. The van der Waals surface area contributed by atoms with Crippen molar-refractivity contribution >= 4 is 11.6 Å². The van der Waals surface area contributed by atoms with Crippen LogP contribution in [-0.2, 0) is 4.74 Å². The minimum Gasteiger partial charge on any atom is -0.387 e. The maximum atomic E-state index is 12.1. The molecule has 0 spiro atoms. The molecule has 0 saturated heterocycles. The SMILES string of the molecule is CNc1ccc(C)cc1C(=O)NCCOCC1CC1. The summed E-state index contributed by atoms with van der Waals surface area (Å²) in [6, 6.07) is 5.81. The maximum absolute atomic E-state index is 12.1. The monoisotopic (exact) mass is 262 g/mol. The first-order valence-electron chi connectivity index (χ1n) is 6.85. The number of rotatable bonds is 7. The van der Waals surface area contributed by atoms with Gasteiger partial charge in [0.15, 0.2) is 0 Å². The zero-order valence-corrected chi connectivity index (χ0v) is 11.7. The molecule has 1 amide bonds. The van der Waals surface area contributed by atoms with E-state index >= 15 is 0 Å². The van der Waals surface area contributed by atoms with Crippen molar-refractivity contribution in [3.63, 3.8) is 0 Å². The first-order valence-corrected chi connectivity index (χ1v) is 6.85. The van der Waals surface area contributed by atoms with E-state index in [0.29, 0.717) is 18.7 Å². The number of carbonyl (C=O) groups is 1. The van der Waals surface area contributed by atoms with Crippen molar-refractivity contribution in [3.8, 4) is 0 Å². The Kier molecular flexibility index (Phi) is 4.80. The van der Waals surface area contributed by atoms with Gasteiger partial charge in [0, 0.05) is 25.9 Å². The molecule has 0 unspecified atom stereocenters. The molecule has 0 atom stereocenters. The lowest BCUT2D eigenvalue weighted by Gasteiger charge is -2.11. The van der Waals surface area contributed by atoms with Crippen molar-refractivity contribution in [1.82, 2.24) is 5.32 Å². The van der Waals surface area contributed by atoms with E-state index in [4.69, 9.17) is 4.74 Å². The fraction of sp³-hybridized carbons (Fsp3) is 0.533. The van der Waals surface area contributed by atoms with Crippen molar-refractivity contribution in [3.05, 3.63) is 29.3 Å². The van der Waals surface area contributed by atoms with Gasteiger partial charge >= 0.3 is 0 Å². The minimum absolute atomic E-state index is 0.0527. The van der Waals surface area contributed by atoms with Gasteiger partial charge < -0.3 is 15.4 Å². The van der Waals surface area contributed by atoms with E-state index in [0.717, 1.165) is 23.8 Å². The first kappa shape index (κ1) is 13.9. The molecule has 1 aromatic carbocycles. The lowest BCUT2D eigenvalue weighted by Crippen LogP contribution is -2.28. The third-order valence-corrected chi connectivity index (χ3v) is 3.27. The molecule has 104 valence electrons. The Balaban J connectivity index is 1.79. The van der Waals surface area contributed by atoms with Gasteiger partial charge in [-0.15, -0.1) is 0 Å². The molecule has 1 aliphatic rings. The fourth-order valence-electron chi connectivity index (χ4n) is 1.93. The van der Waals surface area contributed by atoms with Crippen molar-refractivity contribution in [2.75, 3.05) is 32.1 Å². The summed E-state index contributed by atoms with van der Waals surface area (Å²) in [4.78, 5) is 12.1. The molecule has 0 bridgehead atoms. The van der Waals surface area contributed by atoms with Crippen LogP contribution in [0.25, 0.3) is 0 Å². The molecular formula is C15H22N2O2. The average molecular weight is 262 g/mol. The smallest absolute Gasteiger partial charge is 0.253 e. The Morgan fingerprint density at radius 3 is 2.89 bits per heavy atom. The van der Waals surface area contributed by atoms with Gasteiger partial charge in [0.2, 0.25) is 0 Å². The number of ether oxygens (including phenoxy) is 1. The Bertz CT molecular complexity index is 442. The average Bonchev–Trinajstić information content (AvgIpc) is 3.22. The molecule has 0 aliphatic heterocycles. The van der Waals surface area contributed by atoms with Gasteiger partial charge in [-0.3, -0.25) is 4.79 Å². The zero-order chi connectivity index (χ0) is 13.7. The topological polar surface area (TPSA) is 50.4 Å². The van der Waals surface area contributed by atoms with Crippen LogP contribution >= 0.6 is 0 Å². The summed E-state index contributed by atoms with van der Waals surface area (Å²) in [6.07, 6.45) is 2.59. The van der Waals surface area contributed by atoms with E-state index in [1.807, 2.05) is 32.2 Å². The van der Waals surface area contributed by atoms with Gasteiger partial charge in [0.1, 0.15) is 0 Å². The molecular weight excluding hydrogens is 240 g/mol. The van der Waals surface area contributed by atoms with Crippen molar-refractivity contribution in [2.24, 2.45) is 5.92 Å². The molecule has 2 rings (SSSR count). The second-order valence-corrected chi connectivity index (χ2v) is 5.07. The number of hydrogen-bond acceptors (Lipinski definition) is 3. The lowest BCUT2D eigenvalue weighted by molar-refractivity contribution is 0.0907. The van der Waals surface area contributed by atoms with Crippen molar-refractivity contribution in [2.45, 2.75) is 19.8 Å². The molecule has 0 heterocycles. The normalized spacial score (nSPS) is 14.2. The molecule has 4 heteroatoms. The van der Waals surface area contributed by atoms with E-state index in [-0.39, 0.29) is 5.91 Å². The summed E-state index contributed by atoms with van der Waals surface area (Å²) >= 11 is 0. The van der Waals surface area contributed by atoms with Gasteiger partial charge in [0.25, 0.3) is 5.91 Å². The number of benzene rings is 1. The largest absolute Gasteiger partial charge is 0.387 e. The second-order valence-electron chi connectivity index (χ2n) is 5.07. The Morgan fingerprint density at radius 1 is 1.42 bits per heavy atom. The van der Waals surface area contributed by atoms with Crippen LogP contribution in [0.3, 0.4) is 0 Å². The third-order valence-electron chi connectivity index (χ3n) is 3.27. The third kappa shape index (κ3) is 4.24. The lowest BCUT2D eigenvalue weighted by atomic mass is 10.1. The number of amides is 1. The highest BCUT2D eigenvalue weighted by molar-refractivity contribution is 5.99. The van der Waals surface area contributed by atoms with Crippen molar-refractivity contribution < 1.29 is 9.53 Å². The minimum atomic E-state index is -0.0527. The number of anilines is 1. The molecule has 4 nitrogen and oxygen atoms in total. The summed E-state index contributed by atoms with van der Waals surface area (Å²) in [7, 11) is 1.82. The standard InChI is InChI=1S/C15H22N2O2/c1-11-3-6-14(16-2)13(9-11)15(18)17-7-8-19-10-12-4-5-12/h3,6,9,12,16H,4-5,7-8,10H2,1-2H3,(H,17,18). The summed E-state index contributed by atoms with van der Waals surface area (Å²) in [6.45, 7) is 3.96. The molecule has 0 aromatic heterocycles. The number of carbonyl (C=O) groups excluding carboxylic acids is 1. The highest BCUT2D eigenvalue weighted by Crippen LogP contribution is 2.28. The predicted molar refractivity (Wildman–Crippen MR) is 76.6 cm³/mol. The number of hydrogen-bond donors (Lipinski definition) is 2. The van der Waals surface area contributed by atoms with Crippen LogP contribution in [0, 0.1) is 12.8 Å². The molecule has 19 heavy (non-hydrogen) atoms. The fourth-order valence-corrected chi connectivity index (χ4v) is 1.93. The summed E-state index contributed by atoms with van der Waals surface area (Å²) in [5.74, 6) is 0.714. The molecule has 1 saturated carbocycles. The molecule has 0 radical (unpaired) electrons. The maximum Gasteiger partial charge on any atom is 0.253 e. The summed E-state index contributed by atoms with van der Waals surface area (Å²) < 4.78 is 5.49. The van der Waals surface area contributed by atoms with Crippen LogP contribution in [0.4, 0.5) is 5.69 Å². The van der Waals surface area contributed by atoms with Crippen LogP contribution in [-0.4, -0.2) is 32.7 Å². The summed E-state index contributed by atoms with van der Waals surface area (Å²) in [5.41, 5.74) is 2.61. The van der Waals surface area contributed by atoms with Gasteiger partial charge in [-0.1, -0.05) is 11.6 Å². The quantitative estimate of drug-likeness (QED) is 0.741.